The quantitative estimate of drug-likeness (QED) is 0.684. The monoisotopic (exact) mass is 342 g/mol. The number of aliphatic hydroxyl groups excluding tert-OH is 1. The minimum atomic E-state index is -0.773. The molecule has 0 amide bonds. The number of aromatic nitrogens is 2. The number of H-pyrrole nitrogens is 1. The normalized spacial score (nSPS) is 29.7. The third kappa shape index (κ3) is 3.45. The van der Waals surface area contributed by atoms with Gasteiger partial charge in [-0.25, -0.2) is 4.79 Å². The summed E-state index contributed by atoms with van der Waals surface area (Å²) in [6, 6.07) is 1.25. The van der Waals surface area contributed by atoms with Gasteiger partial charge in [-0.15, -0.1) is 0 Å². The Balaban J connectivity index is 1.76. The molecule has 9 nitrogen and oxygen atoms in total. The highest BCUT2D eigenvalue weighted by Gasteiger charge is 2.44. The molecule has 2 aliphatic heterocycles. The Morgan fingerprint density at radius 2 is 2.17 bits per heavy atom. The largest absolute Gasteiger partial charge is 0.394 e. The van der Waals surface area contributed by atoms with Gasteiger partial charge in [-0.05, 0) is 0 Å². The molecule has 1 aromatic heterocycles. The summed E-state index contributed by atoms with van der Waals surface area (Å²) >= 11 is 0. The van der Waals surface area contributed by atoms with Gasteiger partial charge in [0, 0.05) is 38.6 Å². The van der Waals surface area contributed by atoms with Crippen LogP contribution in [0.25, 0.3) is 0 Å². The topological polar surface area (TPSA) is 112 Å². The molecule has 3 rings (SSSR count). The Kier molecular flexibility index (Phi) is 5.16. The van der Waals surface area contributed by atoms with E-state index in [2.05, 4.69) is 4.98 Å². The van der Waals surface area contributed by atoms with E-state index in [-0.39, 0.29) is 6.61 Å². The summed E-state index contributed by atoms with van der Waals surface area (Å²) in [5, 5.41) is 9.58. The number of hydrogen-bond donors (Lipinski definition) is 2. The number of ether oxygens (including phenoxy) is 4. The molecule has 9 heteroatoms. The molecule has 134 valence electrons. The molecule has 3 heterocycles. The lowest BCUT2D eigenvalue weighted by atomic mass is 10.1. The molecule has 2 aliphatic rings. The summed E-state index contributed by atoms with van der Waals surface area (Å²) in [6.45, 7) is 0.831. The van der Waals surface area contributed by atoms with Crippen LogP contribution in [0.4, 0.5) is 0 Å². The fourth-order valence-corrected chi connectivity index (χ4v) is 3.14. The van der Waals surface area contributed by atoms with Gasteiger partial charge < -0.3 is 24.1 Å². The Morgan fingerprint density at radius 3 is 2.79 bits per heavy atom. The standard InChI is InChI=1S/C15H22N2O7/c1-21-15(3-6-22-7-4-15)24-10-8-13(23-11(10)9-18)17-5-2-12(19)16-14(17)20/h2,5,10-11,13,18H,3-4,6-9H2,1H3,(H,16,19,20)/t10?,11-,13-/m0/s1. The van der Waals surface area contributed by atoms with Gasteiger partial charge >= 0.3 is 5.69 Å². The second-order valence-corrected chi connectivity index (χ2v) is 5.95. The minimum Gasteiger partial charge on any atom is -0.394 e. The van der Waals surface area contributed by atoms with E-state index < -0.39 is 35.5 Å². The van der Waals surface area contributed by atoms with Crippen molar-refractivity contribution in [3.8, 4) is 0 Å². The first-order valence-electron chi connectivity index (χ1n) is 7.95. The summed E-state index contributed by atoms with van der Waals surface area (Å²) in [6.07, 6.45) is 1.28. The molecule has 1 aromatic rings. The zero-order valence-electron chi connectivity index (χ0n) is 13.5. The van der Waals surface area contributed by atoms with Gasteiger partial charge in [-0.1, -0.05) is 0 Å². The van der Waals surface area contributed by atoms with Crippen molar-refractivity contribution in [3.63, 3.8) is 0 Å². The van der Waals surface area contributed by atoms with Crippen molar-refractivity contribution in [1.82, 2.24) is 9.55 Å². The Hall–Kier alpha value is -1.52. The van der Waals surface area contributed by atoms with Gasteiger partial charge in [-0.2, -0.15) is 0 Å². The first-order chi connectivity index (χ1) is 11.6. The van der Waals surface area contributed by atoms with Gasteiger partial charge in [0.05, 0.1) is 25.9 Å². The highest BCUT2D eigenvalue weighted by molar-refractivity contribution is 4.90. The predicted octanol–water partition coefficient (Wildman–Crippen LogP) is -0.645. The Morgan fingerprint density at radius 1 is 1.42 bits per heavy atom. The number of aliphatic hydroxyl groups is 1. The lowest BCUT2D eigenvalue weighted by Crippen LogP contribution is -2.46. The molecule has 0 aromatic carbocycles. The van der Waals surface area contributed by atoms with Crippen LogP contribution in [0.1, 0.15) is 25.5 Å². The molecular weight excluding hydrogens is 320 g/mol. The van der Waals surface area contributed by atoms with Crippen molar-refractivity contribution < 1.29 is 24.1 Å². The van der Waals surface area contributed by atoms with Crippen molar-refractivity contribution in [1.29, 1.82) is 0 Å². The fraction of sp³-hybridized carbons (Fsp3) is 0.733. The number of nitrogens with zero attached hydrogens (tertiary/aromatic N) is 1. The molecule has 2 N–H and O–H groups in total. The summed E-state index contributed by atoms with van der Waals surface area (Å²) < 4.78 is 24.1. The van der Waals surface area contributed by atoms with Crippen LogP contribution in [0, 0.1) is 0 Å². The first kappa shape index (κ1) is 17.3. The average molecular weight is 342 g/mol. The molecule has 0 radical (unpaired) electrons. The summed E-state index contributed by atoms with van der Waals surface area (Å²) in [4.78, 5) is 25.3. The number of nitrogens with one attached hydrogen (secondary N) is 1. The van der Waals surface area contributed by atoms with Crippen molar-refractivity contribution >= 4 is 0 Å². The molecule has 2 fully saturated rings. The van der Waals surface area contributed by atoms with E-state index in [0.717, 1.165) is 0 Å². The number of aromatic amines is 1. The summed E-state index contributed by atoms with van der Waals surface area (Å²) in [5.41, 5.74) is -1.03. The maximum absolute atomic E-state index is 11.9. The molecule has 0 aliphatic carbocycles. The molecule has 0 saturated carbocycles. The predicted molar refractivity (Wildman–Crippen MR) is 81.6 cm³/mol. The first-order valence-corrected chi connectivity index (χ1v) is 7.95. The zero-order valence-corrected chi connectivity index (χ0v) is 13.5. The average Bonchev–Trinajstić information content (AvgIpc) is 2.98. The molecule has 1 unspecified atom stereocenters. The third-order valence-electron chi connectivity index (χ3n) is 4.51. The maximum Gasteiger partial charge on any atom is 0.330 e. The zero-order chi connectivity index (χ0) is 17.2. The highest BCUT2D eigenvalue weighted by Crippen LogP contribution is 2.35. The van der Waals surface area contributed by atoms with Gasteiger partial charge in [0.2, 0.25) is 0 Å². The molecule has 0 bridgehead atoms. The van der Waals surface area contributed by atoms with E-state index in [9.17, 15) is 14.7 Å². The minimum absolute atomic E-state index is 0.241. The lowest BCUT2D eigenvalue weighted by molar-refractivity contribution is -0.281. The highest BCUT2D eigenvalue weighted by atomic mass is 16.7. The van der Waals surface area contributed by atoms with E-state index in [1.165, 1.54) is 16.8 Å². The van der Waals surface area contributed by atoms with E-state index in [0.29, 0.717) is 32.5 Å². The van der Waals surface area contributed by atoms with E-state index >= 15 is 0 Å². The van der Waals surface area contributed by atoms with Crippen LogP contribution in [0.15, 0.2) is 21.9 Å². The molecule has 2 saturated heterocycles. The van der Waals surface area contributed by atoms with Crippen molar-refractivity contribution in [2.75, 3.05) is 26.9 Å². The van der Waals surface area contributed by atoms with Crippen LogP contribution >= 0.6 is 0 Å². The van der Waals surface area contributed by atoms with Crippen LogP contribution in [0.2, 0.25) is 0 Å². The van der Waals surface area contributed by atoms with E-state index in [4.69, 9.17) is 18.9 Å². The summed E-state index contributed by atoms with van der Waals surface area (Å²) in [7, 11) is 1.58. The lowest BCUT2D eigenvalue weighted by Gasteiger charge is -2.38. The van der Waals surface area contributed by atoms with Gasteiger partial charge in [0.25, 0.3) is 5.56 Å². The van der Waals surface area contributed by atoms with Crippen LogP contribution < -0.4 is 11.2 Å². The molecule has 0 spiro atoms. The van der Waals surface area contributed by atoms with Crippen molar-refractivity contribution in [2.24, 2.45) is 0 Å². The van der Waals surface area contributed by atoms with Crippen molar-refractivity contribution in [2.45, 2.75) is 43.5 Å². The molecular formula is C15H22N2O7. The van der Waals surface area contributed by atoms with Crippen LogP contribution in [-0.2, 0) is 18.9 Å². The van der Waals surface area contributed by atoms with Crippen molar-refractivity contribution in [3.05, 3.63) is 33.1 Å². The van der Waals surface area contributed by atoms with Crippen LogP contribution in [0.3, 0.4) is 0 Å². The molecule has 3 atom stereocenters. The Labute approximate surface area is 138 Å². The second kappa shape index (κ2) is 7.16. The fourth-order valence-electron chi connectivity index (χ4n) is 3.14. The second-order valence-electron chi connectivity index (χ2n) is 5.95. The van der Waals surface area contributed by atoms with Gasteiger partial charge in [0.1, 0.15) is 12.3 Å². The number of hydrogen-bond acceptors (Lipinski definition) is 7. The SMILES string of the molecule is COC1(OC2C[C@@H](n3ccc(=O)[nH]c3=O)O[C@H]2CO)CCOCC1. The smallest absolute Gasteiger partial charge is 0.330 e. The maximum atomic E-state index is 11.9. The Bertz CT molecular complexity index is 664. The van der Waals surface area contributed by atoms with Gasteiger partial charge in [0.15, 0.2) is 5.79 Å². The van der Waals surface area contributed by atoms with E-state index in [1.54, 1.807) is 7.11 Å². The van der Waals surface area contributed by atoms with Gasteiger partial charge in [-0.3, -0.25) is 14.3 Å². The van der Waals surface area contributed by atoms with Crippen LogP contribution in [0.5, 0.6) is 0 Å². The number of methoxy groups -OCH3 is 1. The summed E-state index contributed by atoms with van der Waals surface area (Å²) in [5.74, 6) is -0.773. The van der Waals surface area contributed by atoms with E-state index in [1.807, 2.05) is 0 Å². The van der Waals surface area contributed by atoms with Crippen LogP contribution in [-0.4, -0.2) is 59.6 Å². The number of rotatable bonds is 5. The third-order valence-corrected chi connectivity index (χ3v) is 4.51. The molecule has 24 heavy (non-hydrogen) atoms.